The molecule has 0 aromatic heterocycles. The quantitative estimate of drug-likeness (QED) is 0.841. The molecule has 3 rings (SSSR count). The van der Waals surface area contributed by atoms with Crippen LogP contribution in [0.2, 0.25) is 5.02 Å². The van der Waals surface area contributed by atoms with Gasteiger partial charge in [0.05, 0.1) is 4.90 Å². The second kappa shape index (κ2) is 4.58. The number of rotatable bonds is 2. The van der Waals surface area contributed by atoms with Gasteiger partial charge in [0.25, 0.3) is 0 Å². The zero-order valence-electron chi connectivity index (χ0n) is 10.3. The Hall–Kier alpha value is -0.910. The number of benzene rings is 1. The summed E-state index contributed by atoms with van der Waals surface area (Å²) in [5.74, 6) is 0.176. The molecule has 2 heterocycles. The molecule has 1 aromatic rings. The number of nitrogens with zero attached hydrogens (tertiary/aromatic N) is 1. The summed E-state index contributed by atoms with van der Waals surface area (Å²) in [5.41, 5.74) is 0. The molecule has 6 heteroatoms. The zero-order valence-corrected chi connectivity index (χ0v) is 11.8. The van der Waals surface area contributed by atoms with Crippen molar-refractivity contribution < 1.29 is 13.2 Å². The Labute approximate surface area is 117 Å². The lowest BCUT2D eigenvalue weighted by Gasteiger charge is -2.32. The summed E-state index contributed by atoms with van der Waals surface area (Å²) in [5, 5.41) is 0.510. The maximum absolute atomic E-state index is 12.6. The molecule has 1 aromatic carbocycles. The van der Waals surface area contributed by atoms with Gasteiger partial charge in [0.1, 0.15) is 5.78 Å². The van der Waals surface area contributed by atoms with Gasteiger partial charge in [-0.2, -0.15) is 4.31 Å². The summed E-state index contributed by atoms with van der Waals surface area (Å²) in [7, 11) is -3.52. The number of hydrogen-bond donors (Lipinski definition) is 0. The van der Waals surface area contributed by atoms with Crippen LogP contribution in [0, 0.1) is 0 Å². The smallest absolute Gasteiger partial charge is 0.243 e. The highest BCUT2D eigenvalue weighted by Crippen LogP contribution is 2.38. The normalized spacial score (nSPS) is 27.7. The van der Waals surface area contributed by atoms with Crippen LogP contribution < -0.4 is 0 Å². The van der Waals surface area contributed by atoms with E-state index in [0.29, 0.717) is 17.9 Å². The molecule has 2 fully saturated rings. The molecule has 2 saturated heterocycles. The first-order valence-electron chi connectivity index (χ1n) is 6.29. The lowest BCUT2D eigenvalue weighted by atomic mass is 10.0. The van der Waals surface area contributed by atoms with Gasteiger partial charge in [0, 0.05) is 29.9 Å². The van der Waals surface area contributed by atoms with Crippen LogP contribution in [0.5, 0.6) is 0 Å². The Morgan fingerprint density at radius 1 is 1.05 bits per heavy atom. The van der Waals surface area contributed by atoms with Crippen molar-refractivity contribution in [2.24, 2.45) is 0 Å². The SMILES string of the molecule is O=C1CC2CCC(C1)N2S(=O)(=O)c1ccc(Cl)cc1. The fraction of sp³-hybridized carbons (Fsp3) is 0.462. The van der Waals surface area contributed by atoms with Crippen molar-refractivity contribution in [3.8, 4) is 0 Å². The second-order valence-corrected chi connectivity index (χ2v) is 7.40. The molecule has 0 spiro atoms. The minimum Gasteiger partial charge on any atom is -0.300 e. The predicted molar refractivity (Wildman–Crippen MR) is 71.5 cm³/mol. The summed E-state index contributed by atoms with van der Waals surface area (Å²) >= 11 is 5.78. The van der Waals surface area contributed by atoms with Gasteiger partial charge in [-0.25, -0.2) is 8.42 Å². The predicted octanol–water partition coefficient (Wildman–Crippen LogP) is 2.22. The molecule has 102 valence electrons. The molecule has 0 radical (unpaired) electrons. The molecular formula is C13H14ClNO3S. The molecule has 0 aliphatic carbocycles. The number of piperidine rings is 1. The van der Waals surface area contributed by atoms with Crippen molar-refractivity contribution in [2.45, 2.75) is 42.7 Å². The van der Waals surface area contributed by atoms with E-state index in [-0.39, 0.29) is 22.8 Å². The van der Waals surface area contributed by atoms with Crippen molar-refractivity contribution in [3.05, 3.63) is 29.3 Å². The Morgan fingerprint density at radius 3 is 2.11 bits per heavy atom. The van der Waals surface area contributed by atoms with Crippen LogP contribution in [0.1, 0.15) is 25.7 Å². The largest absolute Gasteiger partial charge is 0.300 e. The highest BCUT2D eigenvalue weighted by molar-refractivity contribution is 7.89. The first kappa shape index (κ1) is 13.1. The summed E-state index contributed by atoms with van der Waals surface area (Å²) in [4.78, 5) is 11.8. The number of Topliss-reactive ketones (excluding diaryl/α,β-unsaturated/α-hetero) is 1. The minimum absolute atomic E-state index is 0.160. The van der Waals surface area contributed by atoms with Gasteiger partial charge in [-0.15, -0.1) is 0 Å². The van der Waals surface area contributed by atoms with Gasteiger partial charge in [-0.1, -0.05) is 11.6 Å². The van der Waals surface area contributed by atoms with E-state index in [1.165, 1.54) is 16.4 Å². The summed E-state index contributed by atoms with van der Waals surface area (Å²) in [6, 6.07) is 5.87. The van der Waals surface area contributed by atoms with Gasteiger partial charge in [0.2, 0.25) is 10.0 Å². The summed E-state index contributed by atoms with van der Waals surface area (Å²) in [6.45, 7) is 0. The molecule has 2 aliphatic heterocycles. The van der Waals surface area contributed by atoms with E-state index in [1.807, 2.05) is 0 Å². The fourth-order valence-corrected chi connectivity index (χ4v) is 5.05. The van der Waals surface area contributed by atoms with E-state index in [4.69, 9.17) is 11.6 Å². The number of fused-ring (bicyclic) bond motifs is 2. The Kier molecular flexibility index (Phi) is 3.15. The van der Waals surface area contributed by atoms with Crippen LogP contribution in [0.3, 0.4) is 0 Å². The highest BCUT2D eigenvalue weighted by atomic mass is 35.5. The van der Waals surface area contributed by atoms with Gasteiger partial charge in [-0.05, 0) is 37.1 Å². The van der Waals surface area contributed by atoms with E-state index in [0.717, 1.165) is 12.8 Å². The molecule has 4 nitrogen and oxygen atoms in total. The Balaban J connectivity index is 1.97. The van der Waals surface area contributed by atoms with E-state index in [2.05, 4.69) is 0 Å². The van der Waals surface area contributed by atoms with E-state index < -0.39 is 10.0 Å². The molecule has 19 heavy (non-hydrogen) atoms. The minimum atomic E-state index is -3.52. The average Bonchev–Trinajstić information content (AvgIpc) is 2.64. The number of carbonyl (C=O) groups is 1. The molecule has 2 unspecified atom stereocenters. The van der Waals surface area contributed by atoms with Crippen LogP contribution in [-0.2, 0) is 14.8 Å². The first-order chi connectivity index (χ1) is 8.98. The fourth-order valence-electron chi connectivity index (χ4n) is 3.05. The third-order valence-corrected chi connectivity index (χ3v) is 6.14. The second-order valence-electron chi connectivity index (χ2n) is 5.12. The van der Waals surface area contributed by atoms with E-state index in [9.17, 15) is 13.2 Å². The molecule has 0 N–H and O–H groups in total. The first-order valence-corrected chi connectivity index (χ1v) is 8.11. The van der Waals surface area contributed by atoms with Gasteiger partial charge < -0.3 is 0 Å². The molecule has 2 bridgehead atoms. The highest BCUT2D eigenvalue weighted by Gasteiger charge is 2.46. The number of halogens is 1. The summed E-state index contributed by atoms with van der Waals surface area (Å²) in [6.07, 6.45) is 2.26. The van der Waals surface area contributed by atoms with Gasteiger partial charge >= 0.3 is 0 Å². The molecular weight excluding hydrogens is 286 g/mol. The molecule has 0 amide bonds. The van der Waals surface area contributed by atoms with Crippen molar-refractivity contribution in [1.29, 1.82) is 0 Å². The van der Waals surface area contributed by atoms with Crippen LogP contribution in [0.15, 0.2) is 29.2 Å². The lowest BCUT2D eigenvalue weighted by molar-refractivity contribution is -0.122. The maximum Gasteiger partial charge on any atom is 0.243 e. The van der Waals surface area contributed by atoms with E-state index >= 15 is 0 Å². The van der Waals surface area contributed by atoms with Crippen LogP contribution >= 0.6 is 11.6 Å². The number of sulfonamides is 1. The van der Waals surface area contributed by atoms with Crippen molar-refractivity contribution in [1.82, 2.24) is 4.31 Å². The van der Waals surface area contributed by atoms with Crippen molar-refractivity contribution >= 4 is 27.4 Å². The third kappa shape index (κ3) is 2.20. The van der Waals surface area contributed by atoms with Gasteiger partial charge in [0.15, 0.2) is 0 Å². The maximum atomic E-state index is 12.6. The Bertz CT molecular complexity index is 595. The average molecular weight is 300 g/mol. The van der Waals surface area contributed by atoms with Crippen LogP contribution in [0.4, 0.5) is 0 Å². The third-order valence-electron chi connectivity index (χ3n) is 3.87. The van der Waals surface area contributed by atoms with Crippen molar-refractivity contribution in [2.75, 3.05) is 0 Å². The number of hydrogen-bond acceptors (Lipinski definition) is 3. The topological polar surface area (TPSA) is 54.5 Å². The number of ketones is 1. The Morgan fingerprint density at radius 2 is 1.58 bits per heavy atom. The van der Waals surface area contributed by atoms with Crippen molar-refractivity contribution in [3.63, 3.8) is 0 Å². The molecule has 2 atom stereocenters. The van der Waals surface area contributed by atoms with Crippen LogP contribution in [0.25, 0.3) is 0 Å². The van der Waals surface area contributed by atoms with E-state index in [1.54, 1.807) is 12.1 Å². The number of carbonyl (C=O) groups excluding carboxylic acids is 1. The van der Waals surface area contributed by atoms with Crippen LogP contribution in [-0.4, -0.2) is 30.6 Å². The van der Waals surface area contributed by atoms with Gasteiger partial charge in [-0.3, -0.25) is 4.79 Å². The standard InChI is InChI=1S/C13H14ClNO3S/c14-9-1-5-13(6-2-9)19(17,18)15-10-3-4-11(15)8-12(16)7-10/h1-2,5-6,10-11H,3-4,7-8H2. The zero-order chi connectivity index (χ0) is 13.6. The monoisotopic (exact) mass is 299 g/mol. The lowest BCUT2D eigenvalue weighted by Crippen LogP contribution is -2.46. The molecule has 2 aliphatic rings. The molecule has 0 saturated carbocycles. The summed E-state index contributed by atoms with van der Waals surface area (Å²) < 4.78 is 26.8.